The lowest BCUT2D eigenvalue weighted by Crippen LogP contribution is -2.20. The van der Waals surface area contributed by atoms with Crippen LogP contribution in [0.25, 0.3) is 6.08 Å². The first-order valence-corrected chi connectivity index (χ1v) is 9.49. The van der Waals surface area contributed by atoms with Crippen molar-refractivity contribution in [2.75, 3.05) is 11.1 Å². The van der Waals surface area contributed by atoms with E-state index in [9.17, 15) is 19.2 Å². The van der Waals surface area contributed by atoms with E-state index in [2.05, 4.69) is 10.8 Å². The summed E-state index contributed by atoms with van der Waals surface area (Å²) in [7, 11) is 0. The second-order valence-corrected chi connectivity index (χ2v) is 6.97. The van der Waals surface area contributed by atoms with Crippen LogP contribution < -0.4 is 16.5 Å². The largest absolute Gasteiger partial charge is 0.460 e. The van der Waals surface area contributed by atoms with Gasteiger partial charge in [0.1, 0.15) is 17.3 Å². The molecule has 0 spiro atoms. The molecule has 1 heterocycles. The minimum atomic E-state index is -0.746. The van der Waals surface area contributed by atoms with Gasteiger partial charge in [-0.05, 0) is 43.3 Å². The molecule has 2 aromatic carbocycles. The Balaban J connectivity index is 1.62. The Labute approximate surface area is 178 Å². The van der Waals surface area contributed by atoms with Crippen LogP contribution in [0, 0.1) is 12.7 Å². The number of nitrogens with two attached hydrogens (primary N) is 1. The molecule has 0 radical (unpaired) electrons. The average Bonchev–Trinajstić information content (AvgIpc) is 3.22. The van der Waals surface area contributed by atoms with Gasteiger partial charge in [0.25, 0.3) is 0 Å². The van der Waals surface area contributed by atoms with Gasteiger partial charge >= 0.3 is 0 Å². The van der Waals surface area contributed by atoms with Gasteiger partial charge in [0.2, 0.25) is 5.91 Å². The fraction of sp³-hybridized carbons (Fsp3) is 0.130. The number of nitrogens with one attached hydrogen (secondary N) is 2. The molecule has 1 unspecified atom stereocenters. The zero-order chi connectivity index (χ0) is 22.4. The highest BCUT2D eigenvalue weighted by molar-refractivity contribution is 6.03. The van der Waals surface area contributed by atoms with Gasteiger partial charge in [0.05, 0.1) is 17.4 Å². The maximum absolute atomic E-state index is 13.1. The summed E-state index contributed by atoms with van der Waals surface area (Å²) in [5.74, 6) is -0.452. The quantitative estimate of drug-likeness (QED) is 0.186. The number of amides is 1. The van der Waals surface area contributed by atoms with Crippen LogP contribution in [0.4, 0.5) is 15.8 Å². The van der Waals surface area contributed by atoms with Crippen LogP contribution in [-0.4, -0.2) is 16.9 Å². The molecule has 1 aromatic heterocycles. The van der Waals surface area contributed by atoms with Crippen molar-refractivity contribution >= 4 is 29.1 Å². The summed E-state index contributed by atoms with van der Waals surface area (Å²) in [6.45, 7) is 1.93. The molecule has 0 saturated heterocycles. The van der Waals surface area contributed by atoms with E-state index in [4.69, 9.17) is 10.2 Å². The van der Waals surface area contributed by atoms with Gasteiger partial charge in [-0.3, -0.25) is 9.59 Å². The number of anilines is 2. The highest BCUT2D eigenvalue weighted by atomic mass is 19.1. The number of Topliss-reactive ketones (excluding diaryl/α,β-unsaturated/α-hetero) is 1. The number of benzene rings is 2. The van der Waals surface area contributed by atoms with E-state index in [1.807, 2.05) is 19.1 Å². The summed E-state index contributed by atoms with van der Waals surface area (Å²) in [6, 6.07) is 13.3. The third-order valence-corrected chi connectivity index (χ3v) is 4.58. The van der Waals surface area contributed by atoms with E-state index in [1.165, 1.54) is 24.3 Å². The van der Waals surface area contributed by atoms with Crippen LogP contribution in [0.3, 0.4) is 0 Å². The lowest BCUT2D eigenvalue weighted by atomic mass is 10.0. The number of halogens is 1. The van der Waals surface area contributed by atoms with E-state index in [0.29, 0.717) is 17.1 Å². The minimum absolute atomic E-state index is 0.0133. The summed E-state index contributed by atoms with van der Waals surface area (Å²) in [5.41, 5.74) is 9.73. The molecule has 0 aliphatic heterocycles. The normalized spacial score (nSPS) is 12.1. The number of nitrogen functional groups attached to an aromatic ring is 1. The number of furan rings is 1. The Morgan fingerprint density at radius 2 is 1.90 bits per heavy atom. The molecule has 7 nitrogen and oxygen atoms in total. The van der Waals surface area contributed by atoms with Crippen molar-refractivity contribution in [2.24, 2.45) is 0 Å². The number of hydrogen-bond acceptors (Lipinski definition) is 6. The molecule has 3 aromatic rings. The van der Waals surface area contributed by atoms with Crippen molar-refractivity contribution in [3.05, 3.63) is 89.1 Å². The Bertz CT molecular complexity index is 1110. The predicted molar refractivity (Wildman–Crippen MR) is 115 cm³/mol. The van der Waals surface area contributed by atoms with E-state index in [0.717, 1.165) is 11.6 Å². The number of hydroxylamine groups is 1. The third-order valence-electron chi connectivity index (χ3n) is 4.58. The summed E-state index contributed by atoms with van der Waals surface area (Å²) in [6.07, 6.45) is 2.64. The molecule has 160 valence electrons. The number of ketones is 1. The highest BCUT2D eigenvalue weighted by Gasteiger charge is 2.19. The van der Waals surface area contributed by atoms with Crippen LogP contribution in [0.5, 0.6) is 0 Å². The van der Waals surface area contributed by atoms with Gasteiger partial charge in [-0.1, -0.05) is 29.8 Å². The summed E-state index contributed by atoms with van der Waals surface area (Å²) < 4.78 is 18.7. The first-order valence-electron chi connectivity index (χ1n) is 9.49. The molecule has 31 heavy (non-hydrogen) atoms. The molecule has 0 aliphatic carbocycles. The minimum Gasteiger partial charge on any atom is -0.460 e. The summed E-state index contributed by atoms with van der Waals surface area (Å²) >= 11 is 0. The lowest BCUT2D eigenvalue weighted by molar-refractivity contribution is -0.111. The Hall–Kier alpha value is -3.75. The second-order valence-electron chi connectivity index (χ2n) is 6.97. The van der Waals surface area contributed by atoms with Crippen molar-refractivity contribution < 1.29 is 23.6 Å². The molecule has 0 bridgehead atoms. The van der Waals surface area contributed by atoms with Gasteiger partial charge in [0, 0.05) is 18.1 Å². The number of hydrogen-bond donors (Lipinski definition) is 4. The van der Waals surface area contributed by atoms with Crippen LogP contribution in [0.15, 0.2) is 65.1 Å². The van der Waals surface area contributed by atoms with Gasteiger partial charge in [-0.2, -0.15) is 5.48 Å². The van der Waals surface area contributed by atoms with Crippen LogP contribution >= 0.6 is 0 Å². The molecule has 1 amide bonds. The Morgan fingerprint density at radius 3 is 2.58 bits per heavy atom. The highest BCUT2D eigenvalue weighted by Crippen LogP contribution is 2.23. The van der Waals surface area contributed by atoms with Crippen LogP contribution in [0.2, 0.25) is 0 Å². The molecular formula is C23H22FN3O4. The van der Waals surface area contributed by atoms with Crippen molar-refractivity contribution in [1.82, 2.24) is 5.48 Å². The van der Waals surface area contributed by atoms with Gasteiger partial charge < -0.3 is 20.7 Å². The van der Waals surface area contributed by atoms with Gasteiger partial charge in [-0.25, -0.2) is 4.39 Å². The van der Waals surface area contributed by atoms with E-state index < -0.39 is 17.8 Å². The van der Waals surface area contributed by atoms with E-state index in [-0.39, 0.29) is 23.6 Å². The van der Waals surface area contributed by atoms with Crippen molar-refractivity contribution in [3.63, 3.8) is 0 Å². The monoisotopic (exact) mass is 423 g/mol. The molecule has 5 N–H and O–H groups in total. The van der Waals surface area contributed by atoms with Gasteiger partial charge in [-0.15, -0.1) is 0 Å². The zero-order valence-electron chi connectivity index (χ0n) is 16.8. The maximum atomic E-state index is 13.1. The standard InChI is InChI=1S/C23H22FN3O4/c1-14-2-4-15(5-3-14)21(28)13-20(27-30)22-10-7-17(31-22)8-11-23(29)26-19-9-6-16(24)12-18(19)25/h2-12,20,27,30H,13,25H2,1H3,(H,26,29)/b11-8+. The first-order chi connectivity index (χ1) is 14.9. The molecule has 0 fully saturated rings. The zero-order valence-corrected chi connectivity index (χ0v) is 16.8. The van der Waals surface area contributed by atoms with E-state index >= 15 is 0 Å². The molecule has 8 heteroatoms. The molecular weight excluding hydrogens is 401 g/mol. The fourth-order valence-corrected chi connectivity index (χ4v) is 2.88. The number of rotatable bonds is 8. The molecule has 0 saturated carbocycles. The Kier molecular flexibility index (Phi) is 6.96. The number of carbonyl (C=O) groups excluding carboxylic acids is 2. The van der Waals surface area contributed by atoms with Crippen molar-refractivity contribution in [1.29, 1.82) is 0 Å². The third kappa shape index (κ3) is 5.88. The van der Waals surface area contributed by atoms with Crippen molar-refractivity contribution in [3.8, 4) is 0 Å². The molecule has 3 rings (SSSR count). The fourth-order valence-electron chi connectivity index (χ4n) is 2.88. The Morgan fingerprint density at radius 1 is 1.16 bits per heavy atom. The predicted octanol–water partition coefficient (Wildman–Crippen LogP) is 4.25. The van der Waals surface area contributed by atoms with Crippen LogP contribution in [0.1, 0.15) is 39.9 Å². The second kappa shape index (κ2) is 9.84. The first kappa shape index (κ1) is 21.9. The maximum Gasteiger partial charge on any atom is 0.248 e. The summed E-state index contributed by atoms with van der Waals surface area (Å²) in [5, 5.41) is 12.0. The number of carbonyl (C=O) groups is 2. The number of aryl methyl sites for hydroxylation is 1. The van der Waals surface area contributed by atoms with Gasteiger partial charge in [0.15, 0.2) is 5.78 Å². The molecule has 1 atom stereocenters. The lowest BCUT2D eigenvalue weighted by Gasteiger charge is -2.11. The molecule has 0 aliphatic rings. The summed E-state index contributed by atoms with van der Waals surface area (Å²) in [4.78, 5) is 24.5. The average molecular weight is 423 g/mol. The topological polar surface area (TPSA) is 118 Å². The van der Waals surface area contributed by atoms with Crippen LogP contribution in [-0.2, 0) is 4.79 Å². The van der Waals surface area contributed by atoms with Crippen molar-refractivity contribution in [2.45, 2.75) is 19.4 Å². The smallest absolute Gasteiger partial charge is 0.248 e. The van der Waals surface area contributed by atoms with E-state index in [1.54, 1.807) is 24.3 Å². The SMILES string of the molecule is Cc1ccc(C(=O)CC(NO)c2ccc(/C=C/C(=O)Nc3ccc(F)cc3N)o2)cc1.